The van der Waals surface area contributed by atoms with E-state index in [0.29, 0.717) is 18.0 Å². The fourth-order valence-electron chi connectivity index (χ4n) is 4.27. The van der Waals surface area contributed by atoms with E-state index in [4.69, 9.17) is 16.3 Å². The molecule has 1 fully saturated rings. The van der Waals surface area contributed by atoms with Crippen LogP contribution in [0.1, 0.15) is 22.3 Å². The maximum Gasteiger partial charge on any atom is 0.167 e. The Morgan fingerprint density at radius 2 is 1.61 bits per heavy atom. The Labute approximate surface area is 214 Å². The molecule has 0 aliphatic carbocycles. The van der Waals surface area contributed by atoms with Crippen molar-refractivity contribution in [2.24, 2.45) is 0 Å². The van der Waals surface area contributed by atoms with Crippen molar-refractivity contribution >= 4 is 23.1 Å². The molecular weight excluding hydrogens is 486 g/mol. The molecule has 36 heavy (non-hydrogen) atoms. The number of hydrogen-bond acceptors (Lipinski definition) is 5. The SMILES string of the molecule is O=C(CCc1ccc(F)cc1)c1cc(F)ccc1OCC(O)CN1CCN(c2ccc(Cl)cc2)CC1. The minimum Gasteiger partial charge on any atom is -0.490 e. The summed E-state index contributed by atoms with van der Waals surface area (Å²) in [5.74, 6) is -0.909. The molecule has 0 radical (unpaired) electrons. The number of nitrogens with zero attached hydrogens (tertiary/aromatic N) is 2. The van der Waals surface area contributed by atoms with Crippen LogP contribution in [-0.2, 0) is 6.42 Å². The van der Waals surface area contributed by atoms with E-state index in [2.05, 4.69) is 9.80 Å². The van der Waals surface area contributed by atoms with Crippen LogP contribution in [0.5, 0.6) is 5.75 Å². The van der Waals surface area contributed by atoms with Crippen molar-refractivity contribution in [3.8, 4) is 5.75 Å². The highest BCUT2D eigenvalue weighted by molar-refractivity contribution is 6.30. The number of carbonyl (C=O) groups is 1. The number of aliphatic hydroxyl groups is 1. The highest BCUT2D eigenvalue weighted by Crippen LogP contribution is 2.23. The van der Waals surface area contributed by atoms with Crippen LogP contribution in [0.3, 0.4) is 0 Å². The third-order valence-corrected chi connectivity index (χ3v) is 6.51. The lowest BCUT2D eigenvalue weighted by Crippen LogP contribution is -2.49. The number of aryl methyl sites for hydroxylation is 1. The molecule has 0 saturated carbocycles. The predicted octanol–water partition coefficient (Wildman–Crippen LogP) is 5.00. The summed E-state index contributed by atoms with van der Waals surface area (Å²) in [5.41, 5.74) is 2.08. The van der Waals surface area contributed by atoms with Gasteiger partial charge in [-0.15, -0.1) is 0 Å². The van der Waals surface area contributed by atoms with E-state index >= 15 is 0 Å². The second kappa shape index (κ2) is 12.3. The number of rotatable bonds is 10. The molecule has 1 unspecified atom stereocenters. The van der Waals surface area contributed by atoms with Gasteiger partial charge >= 0.3 is 0 Å². The fourth-order valence-corrected chi connectivity index (χ4v) is 4.39. The summed E-state index contributed by atoms with van der Waals surface area (Å²) in [7, 11) is 0. The van der Waals surface area contributed by atoms with Crippen LogP contribution in [-0.4, -0.2) is 61.2 Å². The number of ketones is 1. The largest absolute Gasteiger partial charge is 0.490 e. The zero-order valence-corrected chi connectivity index (χ0v) is 20.6. The topological polar surface area (TPSA) is 53.0 Å². The monoisotopic (exact) mass is 514 g/mol. The van der Waals surface area contributed by atoms with Gasteiger partial charge in [-0.05, 0) is 66.6 Å². The number of hydrogen-bond donors (Lipinski definition) is 1. The minimum absolute atomic E-state index is 0.0126. The van der Waals surface area contributed by atoms with Crippen LogP contribution in [0.2, 0.25) is 5.02 Å². The third kappa shape index (κ3) is 7.26. The fraction of sp³-hybridized carbons (Fsp3) is 0.321. The van der Waals surface area contributed by atoms with Crippen LogP contribution in [0.4, 0.5) is 14.5 Å². The highest BCUT2D eigenvalue weighted by Gasteiger charge is 2.21. The first-order valence-electron chi connectivity index (χ1n) is 12.0. The van der Waals surface area contributed by atoms with Crippen molar-refractivity contribution in [2.45, 2.75) is 18.9 Å². The lowest BCUT2D eigenvalue weighted by molar-refractivity contribution is 0.0655. The number of anilines is 1. The summed E-state index contributed by atoms with van der Waals surface area (Å²) < 4.78 is 32.7. The van der Waals surface area contributed by atoms with Crippen molar-refractivity contribution in [3.05, 3.63) is 94.5 Å². The van der Waals surface area contributed by atoms with Crippen molar-refractivity contribution in [2.75, 3.05) is 44.2 Å². The maximum atomic E-state index is 13.9. The van der Waals surface area contributed by atoms with Gasteiger partial charge in [-0.3, -0.25) is 9.69 Å². The second-order valence-corrected chi connectivity index (χ2v) is 9.36. The number of aliphatic hydroxyl groups excluding tert-OH is 1. The van der Waals surface area contributed by atoms with Gasteiger partial charge in [0.25, 0.3) is 0 Å². The van der Waals surface area contributed by atoms with Crippen molar-refractivity contribution in [1.29, 1.82) is 0 Å². The average Bonchev–Trinajstić information content (AvgIpc) is 2.88. The molecular formula is C28H29ClF2N2O3. The third-order valence-electron chi connectivity index (χ3n) is 6.26. The van der Waals surface area contributed by atoms with Crippen LogP contribution in [0, 0.1) is 11.6 Å². The zero-order valence-electron chi connectivity index (χ0n) is 19.9. The Morgan fingerprint density at radius 3 is 2.31 bits per heavy atom. The first kappa shape index (κ1) is 26.1. The van der Waals surface area contributed by atoms with Gasteiger partial charge in [0.2, 0.25) is 0 Å². The Kier molecular flexibility index (Phi) is 8.91. The maximum absolute atomic E-state index is 13.9. The van der Waals surface area contributed by atoms with Gasteiger partial charge < -0.3 is 14.7 Å². The molecule has 0 aromatic heterocycles. The summed E-state index contributed by atoms with van der Waals surface area (Å²) in [5, 5.41) is 11.3. The van der Waals surface area contributed by atoms with E-state index < -0.39 is 11.9 Å². The standard InChI is InChI=1S/C28H29ClF2N2O3/c29-21-4-9-24(10-5-21)33-15-13-32(14-16-33)18-25(34)19-36-28-12-8-23(31)17-26(28)27(35)11-3-20-1-6-22(30)7-2-20/h1-2,4-10,12,17,25,34H,3,11,13-16,18-19H2. The molecule has 8 heteroatoms. The van der Waals surface area contributed by atoms with Gasteiger partial charge in [-0.1, -0.05) is 23.7 Å². The molecule has 0 amide bonds. The van der Waals surface area contributed by atoms with Crippen LogP contribution < -0.4 is 9.64 Å². The second-order valence-electron chi connectivity index (χ2n) is 8.92. The Hall–Kier alpha value is -3.00. The molecule has 3 aromatic rings. The van der Waals surface area contributed by atoms with Crippen LogP contribution in [0.25, 0.3) is 0 Å². The first-order valence-corrected chi connectivity index (χ1v) is 12.4. The lowest BCUT2D eigenvalue weighted by atomic mass is 10.0. The van der Waals surface area contributed by atoms with Crippen molar-refractivity contribution < 1.29 is 23.4 Å². The number of Topliss-reactive ketones (excluding diaryl/α,β-unsaturated/α-hetero) is 1. The molecule has 4 rings (SSSR count). The number of carbonyl (C=O) groups excluding carboxylic acids is 1. The summed E-state index contributed by atoms with van der Waals surface area (Å²) >= 11 is 5.97. The van der Waals surface area contributed by atoms with E-state index in [-0.39, 0.29) is 35.9 Å². The zero-order chi connectivity index (χ0) is 25.5. The summed E-state index contributed by atoms with van der Waals surface area (Å²) in [6.45, 7) is 3.68. The molecule has 3 aromatic carbocycles. The molecule has 1 saturated heterocycles. The molecule has 190 valence electrons. The van der Waals surface area contributed by atoms with Gasteiger partial charge in [0.15, 0.2) is 5.78 Å². The van der Waals surface area contributed by atoms with Gasteiger partial charge in [0.1, 0.15) is 30.1 Å². The molecule has 1 heterocycles. The number of halogens is 3. The molecule has 0 bridgehead atoms. The van der Waals surface area contributed by atoms with Crippen LogP contribution >= 0.6 is 11.6 Å². The summed E-state index contributed by atoms with van der Waals surface area (Å²) in [4.78, 5) is 17.2. The van der Waals surface area contributed by atoms with Crippen LogP contribution in [0.15, 0.2) is 66.7 Å². The number of ether oxygens (including phenoxy) is 1. The molecule has 0 spiro atoms. The van der Waals surface area contributed by atoms with Gasteiger partial charge in [0.05, 0.1) is 5.56 Å². The summed E-state index contributed by atoms with van der Waals surface area (Å²) in [6, 6.07) is 17.5. The van der Waals surface area contributed by atoms with Crippen molar-refractivity contribution in [3.63, 3.8) is 0 Å². The Morgan fingerprint density at radius 1 is 0.944 bits per heavy atom. The molecule has 5 nitrogen and oxygen atoms in total. The molecule has 1 aliphatic rings. The molecule has 1 N–H and O–H groups in total. The predicted molar refractivity (Wildman–Crippen MR) is 137 cm³/mol. The minimum atomic E-state index is -0.765. The number of benzene rings is 3. The van der Waals surface area contributed by atoms with E-state index in [0.717, 1.165) is 43.5 Å². The van der Waals surface area contributed by atoms with E-state index in [1.807, 2.05) is 24.3 Å². The van der Waals surface area contributed by atoms with Gasteiger partial charge in [-0.2, -0.15) is 0 Å². The lowest BCUT2D eigenvalue weighted by Gasteiger charge is -2.36. The first-order chi connectivity index (χ1) is 17.4. The van der Waals surface area contributed by atoms with Gasteiger partial charge in [0, 0.05) is 49.9 Å². The summed E-state index contributed by atoms with van der Waals surface area (Å²) in [6.07, 6.45) is -0.231. The quantitative estimate of drug-likeness (QED) is 0.386. The van der Waals surface area contributed by atoms with E-state index in [9.17, 15) is 18.7 Å². The molecule has 1 atom stereocenters. The smallest absolute Gasteiger partial charge is 0.167 e. The van der Waals surface area contributed by atoms with Gasteiger partial charge in [-0.25, -0.2) is 8.78 Å². The average molecular weight is 515 g/mol. The normalized spacial score (nSPS) is 15.1. The van der Waals surface area contributed by atoms with E-state index in [1.165, 1.54) is 24.3 Å². The number of piperazine rings is 1. The molecule has 1 aliphatic heterocycles. The Balaban J connectivity index is 1.27. The Bertz CT molecular complexity index is 1150. The number of β-amino-alcohol motifs (C(OH)–C–C–N with tert-alkyl or cyclic N) is 1. The highest BCUT2D eigenvalue weighted by atomic mass is 35.5. The van der Waals surface area contributed by atoms with Crippen molar-refractivity contribution in [1.82, 2.24) is 4.90 Å². The van der Waals surface area contributed by atoms with E-state index in [1.54, 1.807) is 12.1 Å².